The Labute approximate surface area is 129 Å². The second kappa shape index (κ2) is 6.60. The number of nitrogens with zero attached hydrogens (tertiary/aromatic N) is 1. The highest BCUT2D eigenvalue weighted by atomic mass is 16.4. The molecule has 1 aromatic carbocycles. The first kappa shape index (κ1) is 16.0. The summed E-state index contributed by atoms with van der Waals surface area (Å²) in [5, 5.41) is 11.6. The van der Waals surface area contributed by atoms with Gasteiger partial charge in [0.05, 0.1) is 6.54 Å². The molecule has 0 spiro atoms. The van der Waals surface area contributed by atoms with Crippen molar-refractivity contribution < 1.29 is 19.5 Å². The van der Waals surface area contributed by atoms with Crippen LogP contribution >= 0.6 is 0 Å². The molecule has 0 bridgehead atoms. The van der Waals surface area contributed by atoms with Crippen molar-refractivity contribution in [3.8, 4) is 0 Å². The predicted octanol–water partition coefficient (Wildman–Crippen LogP) is 1.11. The molecule has 1 aliphatic heterocycles. The fourth-order valence-corrected chi connectivity index (χ4v) is 2.79. The summed E-state index contributed by atoms with van der Waals surface area (Å²) in [7, 11) is 0. The van der Waals surface area contributed by atoms with Crippen molar-refractivity contribution in [2.75, 3.05) is 13.1 Å². The molecule has 2 N–H and O–H groups in total. The third-order valence-corrected chi connectivity index (χ3v) is 3.74. The van der Waals surface area contributed by atoms with E-state index in [9.17, 15) is 14.4 Å². The van der Waals surface area contributed by atoms with Crippen molar-refractivity contribution in [3.05, 3.63) is 34.9 Å². The maximum absolute atomic E-state index is 12.1. The minimum absolute atomic E-state index is 0.185. The number of carboxylic acids is 1. The third kappa shape index (κ3) is 3.63. The van der Waals surface area contributed by atoms with Crippen LogP contribution in [-0.2, 0) is 9.59 Å². The monoisotopic (exact) mass is 304 g/mol. The van der Waals surface area contributed by atoms with Gasteiger partial charge >= 0.3 is 5.97 Å². The Morgan fingerprint density at radius 1 is 1.23 bits per heavy atom. The Kier molecular flexibility index (Phi) is 4.80. The van der Waals surface area contributed by atoms with Crippen molar-refractivity contribution in [2.45, 2.75) is 32.7 Å². The number of likely N-dealkylation sites (tertiary alicyclic amines) is 1. The van der Waals surface area contributed by atoms with E-state index >= 15 is 0 Å². The number of benzene rings is 1. The van der Waals surface area contributed by atoms with Crippen molar-refractivity contribution >= 4 is 17.8 Å². The highest BCUT2D eigenvalue weighted by Gasteiger charge is 2.33. The van der Waals surface area contributed by atoms with Gasteiger partial charge in [-0.15, -0.1) is 0 Å². The van der Waals surface area contributed by atoms with Gasteiger partial charge in [0, 0.05) is 12.1 Å². The van der Waals surface area contributed by atoms with E-state index in [1.54, 1.807) is 12.1 Å². The quantitative estimate of drug-likeness (QED) is 0.872. The highest BCUT2D eigenvalue weighted by Crippen LogP contribution is 2.17. The summed E-state index contributed by atoms with van der Waals surface area (Å²) < 4.78 is 0. The molecular weight excluding hydrogens is 284 g/mol. The van der Waals surface area contributed by atoms with Gasteiger partial charge in [0.1, 0.15) is 6.04 Å². The van der Waals surface area contributed by atoms with E-state index in [1.165, 1.54) is 4.90 Å². The van der Waals surface area contributed by atoms with Crippen LogP contribution < -0.4 is 5.32 Å². The summed E-state index contributed by atoms with van der Waals surface area (Å²) in [6, 6.07) is 4.69. The number of nitrogens with one attached hydrogen (secondary N) is 1. The first-order chi connectivity index (χ1) is 10.4. The van der Waals surface area contributed by atoms with Crippen molar-refractivity contribution in [2.24, 2.45) is 0 Å². The molecule has 6 heteroatoms. The van der Waals surface area contributed by atoms with E-state index in [1.807, 2.05) is 19.9 Å². The molecule has 6 nitrogen and oxygen atoms in total. The van der Waals surface area contributed by atoms with Crippen LogP contribution in [0.1, 0.15) is 34.3 Å². The molecule has 2 amide bonds. The molecule has 1 saturated heterocycles. The molecule has 1 atom stereocenters. The van der Waals surface area contributed by atoms with E-state index in [2.05, 4.69) is 5.32 Å². The maximum Gasteiger partial charge on any atom is 0.326 e. The highest BCUT2D eigenvalue weighted by molar-refractivity contribution is 5.97. The maximum atomic E-state index is 12.1. The number of rotatable bonds is 4. The number of carbonyl (C=O) groups excluding carboxylic acids is 2. The first-order valence-corrected chi connectivity index (χ1v) is 7.27. The smallest absolute Gasteiger partial charge is 0.326 e. The largest absolute Gasteiger partial charge is 0.480 e. The number of carboxylic acid groups (broad SMARTS) is 1. The topological polar surface area (TPSA) is 86.7 Å². The zero-order valence-corrected chi connectivity index (χ0v) is 12.8. The lowest BCUT2D eigenvalue weighted by atomic mass is 10.1. The van der Waals surface area contributed by atoms with Gasteiger partial charge in [-0.1, -0.05) is 17.2 Å². The van der Waals surface area contributed by atoms with Crippen LogP contribution in [0.15, 0.2) is 18.2 Å². The summed E-state index contributed by atoms with van der Waals surface area (Å²) in [4.78, 5) is 36.6. The molecule has 1 unspecified atom stereocenters. The predicted molar refractivity (Wildman–Crippen MR) is 80.6 cm³/mol. The Morgan fingerprint density at radius 2 is 1.86 bits per heavy atom. The van der Waals surface area contributed by atoms with Gasteiger partial charge in [-0.25, -0.2) is 4.79 Å². The molecular formula is C16H20N2O4. The number of aryl methyl sites for hydroxylation is 2. The van der Waals surface area contributed by atoms with E-state index < -0.39 is 12.0 Å². The Hall–Kier alpha value is -2.37. The summed E-state index contributed by atoms with van der Waals surface area (Å²) >= 11 is 0. The zero-order chi connectivity index (χ0) is 16.3. The average Bonchev–Trinajstić information content (AvgIpc) is 2.93. The van der Waals surface area contributed by atoms with Crippen molar-refractivity contribution in [1.29, 1.82) is 0 Å². The normalized spacial score (nSPS) is 17.4. The lowest BCUT2D eigenvalue weighted by molar-refractivity contribution is -0.147. The van der Waals surface area contributed by atoms with Crippen LogP contribution in [0.5, 0.6) is 0 Å². The number of hydrogen-bond donors (Lipinski definition) is 2. The second-order valence-electron chi connectivity index (χ2n) is 5.64. The van der Waals surface area contributed by atoms with E-state index in [0.29, 0.717) is 24.9 Å². The summed E-state index contributed by atoms with van der Waals surface area (Å²) in [6.07, 6.45) is 1.14. The van der Waals surface area contributed by atoms with Gasteiger partial charge < -0.3 is 15.3 Å². The molecule has 2 rings (SSSR count). The SMILES string of the molecule is Cc1cc(C)cc(C(=O)NCC(=O)N2CCCC2C(=O)O)c1. The number of aliphatic carboxylic acids is 1. The lowest BCUT2D eigenvalue weighted by Crippen LogP contribution is -2.45. The van der Waals surface area contributed by atoms with Gasteiger partial charge in [-0.2, -0.15) is 0 Å². The van der Waals surface area contributed by atoms with Crippen LogP contribution in [-0.4, -0.2) is 46.9 Å². The Balaban J connectivity index is 1.96. The van der Waals surface area contributed by atoms with Gasteiger partial charge in [0.25, 0.3) is 5.91 Å². The summed E-state index contributed by atoms with van der Waals surface area (Å²) in [5.41, 5.74) is 2.45. The fourth-order valence-electron chi connectivity index (χ4n) is 2.79. The Bertz CT molecular complexity index is 592. The molecule has 1 fully saturated rings. The minimum Gasteiger partial charge on any atom is -0.480 e. The molecule has 1 aliphatic rings. The minimum atomic E-state index is -0.994. The molecule has 118 valence electrons. The van der Waals surface area contributed by atoms with Crippen LogP contribution in [0.2, 0.25) is 0 Å². The summed E-state index contributed by atoms with van der Waals surface area (Å²) in [5.74, 6) is -1.68. The van der Waals surface area contributed by atoms with Gasteiger partial charge in [0.2, 0.25) is 5.91 Å². The number of hydrogen-bond acceptors (Lipinski definition) is 3. The van der Waals surface area contributed by atoms with Crippen LogP contribution in [0.3, 0.4) is 0 Å². The average molecular weight is 304 g/mol. The summed E-state index contributed by atoms with van der Waals surface area (Å²) in [6.45, 7) is 4.04. The van der Waals surface area contributed by atoms with Crippen LogP contribution in [0.4, 0.5) is 0 Å². The van der Waals surface area contributed by atoms with Gasteiger partial charge in [-0.3, -0.25) is 9.59 Å². The van der Waals surface area contributed by atoms with E-state index in [0.717, 1.165) is 11.1 Å². The zero-order valence-electron chi connectivity index (χ0n) is 12.8. The lowest BCUT2D eigenvalue weighted by Gasteiger charge is -2.21. The number of amides is 2. The van der Waals surface area contributed by atoms with E-state index in [-0.39, 0.29) is 18.4 Å². The molecule has 0 aromatic heterocycles. The second-order valence-corrected chi connectivity index (χ2v) is 5.64. The molecule has 22 heavy (non-hydrogen) atoms. The van der Waals surface area contributed by atoms with Gasteiger partial charge in [-0.05, 0) is 38.8 Å². The number of carbonyl (C=O) groups is 3. The molecule has 0 aliphatic carbocycles. The van der Waals surface area contributed by atoms with Crippen LogP contribution in [0, 0.1) is 13.8 Å². The standard InChI is InChI=1S/C16H20N2O4/c1-10-6-11(2)8-12(7-10)15(20)17-9-14(19)18-5-3-4-13(18)16(21)22/h6-8,13H,3-5,9H2,1-2H3,(H,17,20)(H,21,22). The molecule has 0 radical (unpaired) electrons. The molecule has 0 saturated carbocycles. The molecule has 1 heterocycles. The van der Waals surface area contributed by atoms with E-state index in [4.69, 9.17) is 5.11 Å². The van der Waals surface area contributed by atoms with Crippen LogP contribution in [0.25, 0.3) is 0 Å². The van der Waals surface area contributed by atoms with Gasteiger partial charge in [0.15, 0.2) is 0 Å². The third-order valence-electron chi connectivity index (χ3n) is 3.74. The Morgan fingerprint density at radius 3 is 2.45 bits per heavy atom. The fraction of sp³-hybridized carbons (Fsp3) is 0.438. The van der Waals surface area contributed by atoms with Crippen molar-refractivity contribution in [3.63, 3.8) is 0 Å². The first-order valence-electron chi connectivity index (χ1n) is 7.27. The van der Waals surface area contributed by atoms with Crippen molar-refractivity contribution in [1.82, 2.24) is 10.2 Å². The molecule has 1 aromatic rings.